The van der Waals surface area contributed by atoms with Crippen LogP contribution in [0, 0.1) is 0 Å². The Labute approximate surface area is 54.6 Å². The van der Waals surface area contributed by atoms with Gasteiger partial charge in [0, 0.05) is 0 Å². The Bertz CT molecular complexity index is 166. The molecule has 0 aromatic carbocycles. The number of carbonyl (C=O) groups is 2. The van der Waals surface area contributed by atoms with Crippen molar-refractivity contribution in [1.82, 2.24) is 0 Å². The van der Waals surface area contributed by atoms with E-state index in [4.69, 9.17) is 0 Å². The van der Waals surface area contributed by atoms with Crippen molar-refractivity contribution >= 4 is 12.1 Å². The number of allylic oxidation sites excluding steroid dienone is 2. The summed E-state index contributed by atoms with van der Waals surface area (Å²) in [6.07, 6.45) is 0.691. The molecule has 0 fully saturated rings. The maximum Gasteiger partial charge on any atom is 0.155 e. The lowest BCUT2D eigenvalue weighted by Crippen LogP contribution is -1.95. The lowest BCUT2D eigenvalue weighted by atomic mass is 10.1. The Kier molecular flexibility index (Phi) is 2.85. The van der Waals surface area contributed by atoms with Crippen molar-refractivity contribution in [3.63, 3.8) is 0 Å². The summed E-state index contributed by atoms with van der Waals surface area (Å²) in [7, 11) is 0. The minimum absolute atomic E-state index is 0.0420. The highest BCUT2D eigenvalue weighted by Gasteiger charge is 1.98. The quantitative estimate of drug-likeness (QED) is 0.410. The molecule has 0 aliphatic rings. The van der Waals surface area contributed by atoms with Gasteiger partial charge in [-0.25, -0.2) is 0 Å². The molecule has 0 aromatic rings. The molecule has 9 heavy (non-hydrogen) atoms. The SMILES string of the molecule is CC(=O)/C(C)=C(\C)C=O. The van der Waals surface area contributed by atoms with Gasteiger partial charge in [0.25, 0.3) is 0 Å². The molecule has 0 amide bonds. The zero-order chi connectivity index (χ0) is 7.44. The summed E-state index contributed by atoms with van der Waals surface area (Å²) in [5.41, 5.74) is 1.06. The number of carbonyl (C=O) groups excluding carboxylic acids is 2. The molecule has 0 saturated heterocycles. The normalized spacial score (nSPS) is 12.3. The van der Waals surface area contributed by atoms with Crippen LogP contribution in [0.2, 0.25) is 0 Å². The van der Waals surface area contributed by atoms with Crippen LogP contribution in [-0.4, -0.2) is 12.1 Å². The average molecular weight is 126 g/mol. The van der Waals surface area contributed by atoms with Crippen molar-refractivity contribution in [2.24, 2.45) is 0 Å². The molecule has 0 radical (unpaired) electrons. The monoisotopic (exact) mass is 126 g/mol. The van der Waals surface area contributed by atoms with E-state index in [1.165, 1.54) is 6.92 Å². The molecule has 0 unspecified atom stereocenters. The molecule has 2 nitrogen and oxygen atoms in total. The van der Waals surface area contributed by atoms with E-state index >= 15 is 0 Å². The van der Waals surface area contributed by atoms with Crippen LogP contribution >= 0.6 is 0 Å². The Morgan fingerprint density at radius 2 is 1.67 bits per heavy atom. The summed E-state index contributed by atoms with van der Waals surface area (Å²) in [4.78, 5) is 20.6. The van der Waals surface area contributed by atoms with Crippen molar-refractivity contribution in [1.29, 1.82) is 0 Å². The van der Waals surface area contributed by atoms with Crippen molar-refractivity contribution in [2.75, 3.05) is 0 Å². The molecule has 0 rings (SSSR count). The van der Waals surface area contributed by atoms with Crippen LogP contribution in [0.4, 0.5) is 0 Å². The molecule has 0 aliphatic carbocycles. The summed E-state index contributed by atoms with van der Waals surface area (Å²) in [6, 6.07) is 0. The maximum atomic E-state index is 10.5. The van der Waals surface area contributed by atoms with E-state index in [1.54, 1.807) is 13.8 Å². The smallest absolute Gasteiger partial charge is 0.155 e. The number of rotatable bonds is 2. The molecule has 50 valence electrons. The van der Waals surface area contributed by atoms with Gasteiger partial charge in [-0.05, 0) is 31.9 Å². The van der Waals surface area contributed by atoms with Crippen LogP contribution in [0.5, 0.6) is 0 Å². The van der Waals surface area contributed by atoms with E-state index in [-0.39, 0.29) is 5.78 Å². The highest BCUT2D eigenvalue weighted by atomic mass is 16.1. The summed E-state index contributed by atoms with van der Waals surface area (Å²) in [5.74, 6) is -0.0420. The van der Waals surface area contributed by atoms with Gasteiger partial charge in [0.15, 0.2) is 5.78 Å². The summed E-state index contributed by atoms with van der Waals surface area (Å²) >= 11 is 0. The van der Waals surface area contributed by atoms with Gasteiger partial charge in [-0.3, -0.25) is 9.59 Å². The molecule has 0 spiro atoms. The predicted octanol–water partition coefficient (Wildman–Crippen LogP) is 1.11. The van der Waals surface area contributed by atoms with Crippen molar-refractivity contribution in [2.45, 2.75) is 20.8 Å². The Hall–Kier alpha value is -0.920. The predicted molar refractivity (Wildman–Crippen MR) is 35.1 cm³/mol. The molecule has 0 atom stereocenters. The van der Waals surface area contributed by atoms with Gasteiger partial charge in [-0.1, -0.05) is 0 Å². The van der Waals surface area contributed by atoms with Crippen molar-refractivity contribution in [3.8, 4) is 0 Å². The summed E-state index contributed by atoms with van der Waals surface area (Å²) in [5, 5.41) is 0. The van der Waals surface area contributed by atoms with Gasteiger partial charge < -0.3 is 0 Å². The van der Waals surface area contributed by atoms with Gasteiger partial charge in [0.2, 0.25) is 0 Å². The second-order valence-corrected chi connectivity index (χ2v) is 1.98. The Morgan fingerprint density at radius 3 is 1.78 bits per heavy atom. The number of aldehydes is 1. The van der Waals surface area contributed by atoms with Crippen LogP contribution < -0.4 is 0 Å². The number of hydrogen-bond donors (Lipinski definition) is 0. The number of hydrogen-bond acceptors (Lipinski definition) is 2. The van der Waals surface area contributed by atoms with Crippen LogP contribution in [0.25, 0.3) is 0 Å². The van der Waals surface area contributed by atoms with Gasteiger partial charge >= 0.3 is 0 Å². The first-order valence-electron chi connectivity index (χ1n) is 2.73. The minimum atomic E-state index is -0.0420. The van der Waals surface area contributed by atoms with Gasteiger partial charge in [-0.2, -0.15) is 0 Å². The van der Waals surface area contributed by atoms with Crippen LogP contribution in [0.15, 0.2) is 11.1 Å². The van der Waals surface area contributed by atoms with Crippen LogP contribution in [0.3, 0.4) is 0 Å². The van der Waals surface area contributed by atoms with Gasteiger partial charge in [0.05, 0.1) is 0 Å². The average Bonchev–Trinajstić information content (AvgIpc) is 1.84. The minimum Gasteiger partial charge on any atom is -0.298 e. The first kappa shape index (κ1) is 8.08. The standard InChI is InChI=1S/C7H10O2/c1-5(4-8)6(2)7(3)9/h4H,1-3H3/b6-5+. The Morgan fingerprint density at radius 1 is 1.22 bits per heavy atom. The highest BCUT2D eigenvalue weighted by Crippen LogP contribution is 1.99. The fourth-order valence-corrected chi connectivity index (χ4v) is 0.366. The third-order valence-electron chi connectivity index (χ3n) is 1.30. The Balaban J connectivity index is 4.47. The second-order valence-electron chi connectivity index (χ2n) is 1.98. The maximum absolute atomic E-state index is 10.5. The van der Waals surface area contributed by atoms with E-state index in [0.717, 1.165) is 0 Å². The summed E-state index contributed by atoms with van der Waals surface area (Å²) in [6.45, 7) is 4.72. The molecular weight excluding hydrogens is 116 g/mol. The zero-order valence-electron chi connectivity index (χ0n) is 5.89. The summed E-state index contributed by atoms with van der Waals surface area (Å²) < 4.78 is 0. The molecule has 0 N–H and O–H groups in total. The first-order chi connectivity index (χ1) is 4.09. The van der Waals surface area contributed by atoms with Gasteiger partial charge in [0.1, 0.15) is 6.29 Å². The van der Waals surface area contributed by atoms with E-state index < -0.39 is 0 Å². The van der Waals surface area contributed by atoms with Gasteiger partial charge in [-0.15, -0.1) is 0 Å². The molecule has 2 heteroatoms. The van der Waals surface area contributed by atoms with Crippen molar-refractivity contribution in [3.05, 3.63) is 11.1 Å². The fourth-order valence-electron chi connectivity index (χ4n) is 0.366. The first-order valence-corrected chi connectivity index (χ1v) is 2.73. The third-order valence-corrected chi connectivity index (χ3v) is 1.30. The topological polar surface area (TPSA) is 34.1 Å². The van der Waals surface area contributed by atoms with E-state index in [2.05, 4.69) is 0 Å². The second kappa shape index (κ2) is 3.17. The molecule has 0 aliphatic heterocycles. The van der Waals surface area contributed by atoms with Crippen LogP contribution in [0.1, 0.15) is 20.8 Å². The van der Waals surface area contributed by atoms with E-state index in [9.17, 15) is 9.59 Å². The lowest BCUT2D eigenvalue weighted by Gasteiger charge is -1.93. The molecule has 0 saturated carbocycles. The molecule has 0 heterocycles. The highest BCUT2D eigenvalue weighted by molar-refractivity contribution is 5.97. The fraction of sp³-hybridized carbons (Fsp3) is 0.429. The molecular formula is C7H10O2. The van der Waals surface area contributed by atoms with Crippen molar-refractivity contribution < 1.29 is 9.59 Å². The molecule has 0 bridgehead atoms. The third kappa shape index (κ3) is 2.22. The molecule has 0 aromatic heterocycles. The largest absolute Gasteiger partial charge is 0.298 e. The van der Waals surface area contributed by atoms with E-state index in [1.807, 2.05) is 0 Å². The zero-order valence-corrected chi connectivity index (χ0v) is 5.89. The van der Waals surface area contributed by atoms with Crippen LogP contribution in [-0.2, 0) is 9.59 Å². The number of Topliss-reactive ketones (excluding diaryl/α,β-unsaturated/α-hetero) is 1. The number of ketones is 1. The lowest BCUT2D eigenvalue weighted by molar-refractivity contribution is -0.114. The van der Waals surface area contributed by atoms with E-state index in [0.29, 0.717) is 17.4 Å².